The summed E-state index contributed by atoms with van der Waals surface area (Å²) in [5.41, 5.74) is 0.921. The number of ether oxygens (including phenoxy) is 1. The molecule has 0 aliphatic carbocycles. The maximum atomic E-state index is 5.87. The van der Waals surface area contributed by atoms with E-state index in [0.717, 1.165) is 22.9 Å². The second kappa shape index (κ2) is 5.95. The van der Waals surface area contributed by atoms with Crippen LogP contribution in [-0.4, -0.2) is 14.2 Å². The summed E-state index contributed by atoms with van der Waals surface area (Å²) in [5, 5.41) is 3.83. The molecule has 0 unspecified atom stereocenters. The SMILES string of the molecule is CC/C(Cl)=C\C(NC)=C(/C)OC. The summed E-state index contributed by atoms with van der Waals surface area (Å²) in [6.45, 7) is 3.90. The summed E-state index contributed by atoms with van der Waals surface area (Å²) in [6, 6.07) is 0. The van der Waals surface area contributed by atoms with Crippen molar-refractivity contribution >= 4 is 11.6 Å². The summed E-state index contributed by atoms with van der Waals surface area (Å²) in [6.07, 6.45) is 2.71. The molecule has 1 N–H and O–H groups in total. The first-order chi connectivity index (χ1) is 5.65. The third-order valence-electron chi connectivity index (χ3n) is 1.59. The van der Waals surface area contributed by atoms with Gasteiger partial charge in [0.05, 0.1) is 12.8 Å². The highest BCUT2D eigenvalue weighted by Gasteiger charge is 1.97. The van der Waals surface area contributed by atoms with Crippen molar-refractivity contribution in [2.75, 3.05) is 14.2 Å². The zero-order chi connectivity index (χ0) is 9.56. The summed E-state index contributed by atoms with van der Waals surface area (Å²) >= 11 is 5.87. The van der Waals surface area contributed by atoms with Crippen LogP contribution in [0.1, 0.15) is 20.3 Å². The topological polar surface area (TPSA) is 21.3 Å². The van der Waals surface area contributed by atoms with E-state index in [1.54, 1.807) is 7.11 Å². The summed E-state index contributed by atoms with van der Waals surface area (Å²) in [5.74, 6) is 0.837. The molecular weight excluding hydrogens is 174 g/mol. The van der Waals surface area contributed by atoms with Crippen LogP contribution in [0.4, 0.5) is 0 Å². The Bertz CT molecular complexity index is 197. The van der Waals surface area contributed by atoms with Crippen molar-refractivity contribution in [1.82, 2.24) is 5.32 Å². The van der Waals surface area contributed by atoms with E-state index in [4.69, 9.17) is 16.3 Å². The number of allylic oxidation sites excluding steroid dienone is 3. The number of methoxy groups -OCH3 is 1. The van der Waals surface area contributed by atoms with Crippen molar-refractivity contribution in [3.05, 3.63) is 22.6 Å². The fraction of sp³-hybridized carbons (Fsp3) is 0.556. The lowest BCUT2D eigenvalue weighted by Crippen LogP contribution is -2.07. The molecular formula is C9H16ClNO. The zero-order valence-electron chi connectivity index (χ0n) is 8.07. The molecule has 70 valence electrons. The molecule has 0 aliphatic rings. The van der Waals surface area contributed by atoms with Gasteiger partial charge in [-0.05, 0) is 19.4 Å². The van der Waals surface area contributed by atoms with Gasteiger partial charge >= 0.3 is 0 Å². The first-order valence-electron chi connectivity index (χ1n) is 3.94. The van der Waals surface area contributed by atoms with E-state index >= 15 is 0 Å². The molecule has 0 aromatic heterocycles. The number of likely N-dealkylation sites (N-methyl/N-ethyl adjacent to an activating group) is 1. The Morgan fingerprint density at radius 1 is 1.58 bits per heavy atom. The van der Waals surface area contributed by atoms with Crippen molar-refractivity contribution in [2.45, 2.75) is 20.3 Å². The second-order valence-electron chi connectivity index (χ2n) is 2.37. The lowest BCUT2D eigenvalue weighted by atomic mass is 10.3. The molecule has 0 rings (SSSR count). The average molecular weight is 190 g/mol. The molecule has 3 heteroatoms. The van der Waals surface area contributed by atoms with Crippen LogP contribution in [0.15, 0.2) is 22.6 Å². The number of hydrogen-bond acceptors (Lipinski definition) is 2. The maximum absolute atomic E-state index is 5.87. The standard InChI is InChI=1S/C9H16ClNO/c1-5-8(10)6-9(11-3)7(2)12-4/h6,11H,5H2,1-4H3/b8-6+,9-7-. The van der Waals surface area contributed by atoms with E-state index < -0.39 is 0 Å². The van der Waals surface area contributed by atoms with E-state index in [1.165, 1.54) is 0 Å². The van der Waals surface area contributed by atoms with Crippen molar-refractivity contribution in [2.24, 2.45) is 0 Å². The first-order valence-corrected chi connectivity index (χ1v) is 4.32. The molecule has 2 nitrogen and oxygen atoms in total. The van der Waals surface area contributed by atoms with Crippen molar-refractivity contribution in [3.8, 4) is 0 Å². The van der Waals surface area contributed by atoms with Crippen molar-refractivity contribution in [1.29, 1.82) is 0 Å². The predicted molar refractivity (Wildman–Crippen MR) is 53.0 cm³/mol. The van der Waals surface area contributed by atoms with Gasteiger partial charge in [-0.3, -0.25) is 0 Å². The summed E-state index contributed by atoms with van der Waals surface area (Å²) < 4.78 is 5.06. The minimum absolute atomic E-state index is 0.816. The van der Waals surface area contributed by atoms with Crippen molar-refractivity contribution in [3.63, 3.8) is 0 Å². The number of rotatable bonds is 4. The smallest absolute Gasteiger partial charge is 0.115 e. The average Bonchev–Trinajstić information content (AvgIpc) is 2.12. The minimum atomic E-state index is 0.816. The van der Waals surface area contributed by atoms with Crippen molar-refractivity contribution < 1.29 is 4.74 Å². The van der Waals surface area contributed by atoms with E-state index in [1.807, 2.05) is 27.0 Å². The van der Waals surface area contributed by atoms with Crippen LogP contribution in [0, 0.1) is 0 Å². The molecule has 0 amide bonds. The zero-order valence-corrected chi connectivity index (χ0v) is 8.83. The molecule has 0 aromatic rings. The van der Waals surface area contributed by atoms with E-state index in [2.05, 4.69) is 5.32 Å². The Morgan fingerprint density at radius 2 is 2.17 bits per heavy atom. The van der Waals surface area contributed by atoms with Gasteiger partial charge in [-0.25, -0.2) is 0 Å². The van der Waals surface area contributed by atoms with Crippen LogP contribution >= 0.6 is 11.6 Å². The van der Waals surface area contributed by atoms with Gasteiger partial charge in [-0.2, -0.15) is 0 Å². The Labute approximate surface area is 79.2 Å². The van der Waals surface area contributed by atoms with Crippen LogP contribution in [0.5, 0.6) is 0 Å². The highest BCUT2D eigenvalue weighted by Crippen LogP contribution is 2.11. The molecule has 0 fully saturated rings. The molecule has 0 saturated carbocycles. The minimum Gasteiger partial charge on any atom is -0.499 e. The summed E-state index contributed by atoms with van der Waals surface area (Å²) in [7, 11) is 3.48. The fourth-order valence-electron chi connectivity index (χ4n) is 0.718. The molecule has 0 radical (unpaired) electrons. The van der Waals surface area contributed by atoms with Gasteiger partial charge in [0.15, 0.2) is 0 Å². The molecule has 12 heavy (non-hydrogen) atoms. The Kier molecular flexibility index (Phi) is 5.64. The van der Waals surface area contributed by atoms with Crippen LogP contribution in [0.3, 0.4) is 0 Å². The van der Waals surface area contributed by atoms with Gasteiger partial charge in [-0.1, -0.05) is 18.5 Å². The van der Waals surface area contributed by atoms with Gasteiger partial charge in [0.1, 0.15) is 5.76 Å². The van der Waals surface area contributed by atoms with E-state index in [-0.39, 0.29) is 0 Å². The molecule has 0 spiro atoms. The number of hydrogen-bond donors (Lipinski definition) is 1. The Hall–Kier alpha value is -0.630. The van der Waals surface area contributed by atoms with Crippen LogP contribution < -0.4 is 5.32 Å². The van der Waals surface area contributed by atoms with Gasteiger partial charge in [0.2, 0.25) is 0 Å². The monoisotopic (exact) mass is 189 g/mol. The summed E-state index contributed by atoms with van der Waals surface area (Å²) in [4.78, 5) is 0. The fourth-order valence-corrected chi connectivity index (χ4v) is 0.828. The van der Waals surface area contributed by atoms with E-state index in [9.17, 15) is 0 Å². The van der Waals surface area contributed by atoms with Crippen LogP contribution in [-0.2, 0) is 4.74 Å². The van der Waals surface area contributed by atoms with Gasteiger partial charge < -0.3 is 10.1 Å². The largest absolute Gasteiger partial charge is 0.499 e. The number of halogens is 1. The van der Waals surface area contributed by atoms with Crippen LogP contribution in [0.2, 0.25) is 0 Å². The normalized spacial score (nSPS) is 13.9. The number of nitrogens with one attached hydrogen (secondary N) is 1. The van der Waals surface area contributed by atoms with Gasteiger partial charge in [0.25, 0.3) is 0 Å². The molecule has 0 saturated heterocycles. The van der Waals surface area contributed by atoms with E-state index in [0.29, 0.717) is 0 Å². The maximum Gasteiger partial charge on any atom is 0.115 e. The highest BCUT2D eigenvalue weighted by molar-refractivity contribution is 6.29. The van der Waals surface area contributed by atoms with Gasteiger partial charge in [0, 0.05) is 12.1 Å². The third-order valence-corrected chi connectivity index (χ3v) is 1.97. The molecule has 0 atom stereocenters. The predicted octanol–water partition coefficient (Wildman–Crippen LogP) is 2.62. The molecule has 0 heterocycles. The lowest BCUT2D eigenvalue weighted by molar-refractivity contribution is 0.288. The Morgan fingerprint density at radius 3 is 2.50 bits per heavy atom. The highest BCUT2D eigenvalue weighted by atomic mass is 35.5. The molecule has 0 aliphatic heterocycles. The van der Waals surface area contributed by atoms with Crippen LogP contribution in [0.25, 0.3) is 0 Å². The van der Waals surface area contributed by atoms with Gasteiger partial charge in [-0.15, -0.1) is 0 Å². The third kappa shape index (κ3) is 3.67. The Balaban J connectivity index is 4.57. The quantitative estimate of drug-likeness (QED) is 0.542. The molecule has 0 aromatic carbocycles. The molecule has 0 bridgehead atoms. The lowest BCUT2D eigenvalue weighted by Gasteiger charge is -2.06. The first kappa shape index (κ1) is 11.4. The second-order valence-corrected chi connectivity index (χ2v) is 2.85.